The van der Waals surface area contributed by atoms with Gasteiger partial charge in [-0.15, -0.1) is 0 Å². The first-order valence-electron chi connectivity index (χ1n) is 12.0. The van der Waals surface area contributed by atoms with E-state index in [1.807, 2.05) is 6.92 Å². The number of halogens is 1. The van der Waals surface area contributed by atoms with Gasteiger partial charge in [0.25, 0.3) is 0 Å². The highest BCUT2D eigenvalue weighted by Gasteiger charge is 2.77. The fourth-order valence-electron chi connectivity index (χ4n) is 7.79. The molecule has 8 atom stereocenters. The first-order valence-corrected chi connectivity index (χ1v) is 12.0. The van der Waals surface area contributed by atoms with Gasteiger partial charge in [-0.1, -0.05) is 39.3 Å². The maximum absolute atomic E-state index is 17.2. The normalized spacial score (nSPS) is 46.3. The molecule has 0 radical (unpaired) electrons. The van der Waals surface area contributed by atoms with Gasteiger partial charge in [0.2, 0.25) is 5.78 Å². The van der Waals surface area contributed by atoms with Crippen molar-refractivity contribution >= 4 is 17.5 Å². The van der Waals surface area contributed by atoms with Crippen molar-refractivity contribution in [3.05, 3.63) is 23.8 Å². The van der Waals surface area contributed by atoms with Crippen molar-refractivity contribution in [1.82, 2.24) is 0 Å². The van der Waals surface area contributed by atoms with E-state index >= 15 is 4.39 Å². The lowest BCUT2D eigenvalue weighted by Crippen LogP contribution is -2.70. The molecule has 1 unspecified atom stereocenters. The number of Topliss-reactive ketones (excluding diaryl/α,β-unsaturated/α-hetero) is 1. The highest BCUT2D eigenvalue weighted by atomic mass is 19.1. The highest BCUT2D eigenvalue weighted by molar-refractivity contribution is 6.01. The summed E-state index contributed by atoms with van der Waals surface area (Å²) in [6.45, 7) is 7.91. The first kappa shape index (κ1) is 24.3. The third-order valence-electron chi connectivity index (χ3n) is 9.47. The van der Waals surface area contributed by atoms with Crippen molar-refractivity contribution in [1.29, 1.82) is 0 Å². The summed E-state index contributed by atoms with van der Waals surface area (Å²) < 4.78 is 23.2. The van der Waals surface area contributed by atoms with E-state index in [0.717, 1.165) is 0 Å². The summed E-state index contributed by atoms with van der Waals surface area (Å²) in [6, 6.07) is 0. The molecule has 4 aliphatic rings. The molecule has 0 aromatic heterocycles. The van der Waals surface area contributed by atoms with E-state index < -0.39 is 64.3 Å². The lowest BCUT2D eigenvalue weighted by molar-refractivity contribution is -0.229. The number of rotatable bonds is 4. The van der Waals surface area contributed by atoms with Crippen LogP contribution in [0.15, 0.2) is 23.8 Å². The molecular formula is C26H35FO6. The van der Waals surface area contributed by atoms with Crippen LogP contribution in [0.3, 0.4) is 0 Å². The maximum atomic E-state index is 17.2. The molecule has 4 aliphatic carbocycles. The standard InChI is InChI=1S/C26H35FO6/c1-14(2)22(32)33-26(21(31)13-28)15(3)10-19-18-7-6-16-11-17(29)8-9-23(16,4)25(18,27)20(30)12-24(19,26)5/h8-9,11,14-15,18-20,28,30H,6-7,10,12-13H2,1-5H3/t15-,18-,19-,20?,23-,24-,25-,26-/m0/s1. The number of ether oxygens (including phenoxy) is 1. The summed E-state index contributed by atoms with van der Waals surface area (Å²) in [5.74, 6) is -3.20. The van der Waals surface area contributed by atoms with Crippen molar-refractivity contribution in [2.45, 2.75) is 77.7 Å². The molecule has 0 heterocycles. The third-order valence-corrected chi connectivity index (χ3v) is 9.47. The van der Waals surface area contributed by atoms with Gasteiger partial charge in [0.1, 0.15) is 6.61 Å². The molecule has 182 valence electrons. The molecule has 0 aromatic carbocycles. The minimum atomic E-state index is -2.03. The lowest BCUT2D eigenvalue weighted by atomic mass is 9.44. The molecule has 6 nitrogen and oxygen atoms in total. The molecule has 0 aromatic rings. The molecule has 3 fully saturated rings. The molecule has 2 N–H and O–H groups in total. The Morgan fingerprint density at radius 2 is 1.94 bits per heavy atom. The average molecular weight is 463 g/mol. The first-order chi connectivity index (χ1) is 15.3. The largest absolute Gasteiger partial charge is 0.450 e. The Labute approximate surface area is 194 Å². The predicted molar refractivity (Wildman–Crippen MR) is 119 cm³/mol. The number of allylic oxidation sites excluding steroid dienone is 4. The molecule has 0 saturated heterocycles. The van der Waals surface area contributed by atoms with Crippen molar-refractivity contribution in [3.63, 3.8) is 0 Å². The summed E-state index contributed by atoms with van der Waals surface area (Å²) in [5.41, 5.74) is -5.15. The molecule has 0 spiro atoms. The number of esters is 1. The summed E-state index contributed by atoms with van der Waals surface area (Å²) >= 11 is 0. The van der Waals surface area contributed by atoms with Gasteiger partial charge in [0.05, 0.1) is 12.0 Å². The zero-order valence-electron chi connectivity index (χ0n) is 20.1. The quantitative estimate of drug-likeness (QED) is 0.623. The van der Waals surface area contributed by atoms with E-state index in [0.29, 0.717) is 24.8 Å². The van der Waals surface area contributed by atoms with Crippen LogP contribution in [0, 0.1) is 34.5 Å². The number of ketones is 2. The van der Waals surface area contributed by atoms with Gasteiger partial charge in [-0.2, -0.15) is 0 Å². The van der Waals surface area contributed by atoms with Crippen molar-refractivity contribution in [2.24, 2.45) is 34.5 Å². The Morgan fingerprint density at radius 3 is 2.55 bits per heavy atom. The number of carbonyl (C=O) groups excluding carboxylic acids is 3. The maximum Gasteiger partial charge on any atom is 0.309 e. The van der Waals surface area contributed by atoms with E-state index in [4.69, 9.17) is 4.74 Å². The summed E-state index contributed by atoms with van der Waals surface area (Å²) in [7, 11) is 0. The molecule has 33 heavy (non-hydrogen) atoms. The lowest BCUT2D eigenvalue weighted by Gasteiger charge is -2.62. The molecule has 0 bridgehead atoms. The molecule has 3 saturated carbocycles. The molecule has 7 heteroatoms. The van der Waals surface area contributed by atoms with Crippen molar-refractivity contribution in [2.75, 3.05) is 6.61 Å². The monoisotopic (exact) mass is 462 g/mol. The van der Waals surface area contributed by atoms with Crippen LogP contribution in [-0.2, 0) is 19.1 Å². The SMILES string of the molecule is CC(C)C(=O)O[C@]1(C(=O)CO)[C@@H](C)C[C@H]2[C@@H]3CCC4=CC(=O)C=C[C@]4(C)[C@@]3(F)C(O)C[C@@]21C. The topological polar surface area (TPSA) is 101 Å². The van der Waals surface area contributed by atoms with E-state index in [1.54, 1.807) is 33.8 Å². The van der Waals surface area contributed by atoms with Crippen molar-refractivity contribution in [3.8, 4) is 0 Å². The summed E-state index contributed by atoms with van der Waals surface area (Å²) in [6.07, 6.45) is 4.30. The summed E-state index contributed by atoms with van der Waals surface area (Å²) in [4.78, 5) is 38.0. The fourth-order valence-corrected chi connectivity index (χ4v) is 7.79. The zero-order chi connectivity index (χ0) is 24.6. The van der Waals surface area contributed by atoms with Gasteiger partial charge in [-0.05, 0) is 50.7 Å². The second-order valence-corrected chi connectivity index (χ2v) is 11.3. The number of aliphatic hydroxyl groups is 2. The number of hydrogen-bond donors (Lipinski definition) is 2. The van der Waals surface area contributed by atoms with Crippen LogP contribution in [0.5, 0.6) is 0 Å². The van der Waals surface area contributed by atoms with Crippen LogP contribution < -0.4 is 0 Å². The van der Waals surface area contributed by atoms with E-state index in [-0.39, 0.29) is 18.1 Å². The second kappa shape index (κ2) is 7.57. The zero-order valence-corrected chi connectivity index (χ0v) is 20.1. The van der Waals surface area contributed by atoms with Crippen LogP contribution in [-0.4, -0.2) is 51.7 Å². The van der Waals surface area contributed by atoms with E-state index in [2.05, 4.69) is 0 Å². The van der Waals surface area contributed by atoms with Crippen LogP contribution in [0.4, 0.5) is 4.39 Å². The number of hydrogen-bond acceptors (Lipinski definition) is 6. The Hall–Kier alpha value is -1.86. The van der Waals surface area contributed by atoms with Crippen molar-refractivity contribution < 1.29 is 33.7 Å². The van der Waals surface area contributed by atoms with Gasteiger partial charge < -0.3 is 14.9 Å². The van der Waals surface area contributed by atoms with Gasteiger partial charge in [-0.25, -0.2) is 4.39 Å². The van der Waals surface area contributed by atoms with Crippen LogP contribution in [0.2, 0.25) is 0 Å². The molecule has 0 aliphatic heterocycles. The Kier molecular flexibility index (Phi) is 5.57. The molecular weight excluding hydrogens is 427 g/mol. The van der Waals surface area contributed by atoms with Crippen LogP contribution in [0.25, 0.3) is 0 Å². The van der Waals surface area contributed by atoms with Gasteiger partial charge in [-0.3, -0.25) is 14.4 Å². The Bertz CT molecular complexity index is 954. The van der Waals surface area contributed by atoms with Gasteiger partial charge in [0.15, 0.2) is 17.1 Å². The van der Waals surface area contributed by atoms with Crippen LogP contribution in [0.1, 0.15) is 60.3 Å². The number of fused-ring (bicyclic) bond motifs is 5. The minimum Gasteiger partial charge on any atom is -0.450 e. The second-order valence-electron chi connectivity index (χ2n) is 11.3. The fraction of sp³-hybridized carbons (Fsp3) is 0.731. The van der Waals surface area contributed by atoms with E-state index in [9.17, 15) is 24.6 Å². The average Bonchev–Trinajstić information content (AvgIpc) is 2.96. The number of carbonyl (C=O) groups is 3. The number of alkyl halides is 1. The Balaban J connectivity index is 1.85. The molecule has 4 rings (SSSR count). The third kappa shape index (κ3) is 2.87. The summed E-state index contributed by atoms with van der Waals surface area (Å²) in [5, 5.41) is 21.3. The molecule has 0 amide bonds. The number of aliphatic hydroxyl groups excluding tert-OH is 2. The smallest absolute Gasteiger partial charge is 0.309 e. The predicted octanol–water partition coefficient (Wildman–Crippen LogP) is 3.10. The van der Waals surface area contributed by atoms with Crippen LogP contribution >= 0.6 is 0 Å². The highest BCUT2D eigenvalue weighted by Crippen LogP contribution is 2.71. The van der Waals surface area contributed by atoms with E-state index in [1.165, 1.54) is 12.2 Å². The minimum absolute atomic E-state index is 0.0865. The van der Waals surface area contributed by atoms with Gasteiger partial charge >= 0.3 is 5.97 Å². The Morgan fingerprint density at radius 1 is 1.27 bits per heavy atom. The van der Waals surface area contributed by atoms with Gasteiger partial charge in [0, 0.05) is 22.7 Å².